The quantitative estimate of drug-likeness (QED) is 0.934. The monoisotopic (exact) mass is 284 g/mol. The minimum Gasteiger partial charge on any atom is -0.382 e. The second kappa shape index (κ2) is 5.88. The van der Waals surface area contributed by atoms with Crippen molar-refractivity contribution in [3.05, 3.63) is 30.6 Å². The van der Waals surface area contributed by atoms with Crippen molar-refractivity contribution in [2.75, 3.05) is 5.32 Å². The lowest BCUT2D eigenvalue weighted by Gasteiger charge is -2.36. The Kier molecular flexibility index (Phi) is 3.95. The molecule has 2 aromatic rings. The minimum absolute atomic E-state index is 0.563. The fraction of sp³-hybridized carbons (Fsp3) is 0.529. The molecule has 2 unspecified atom stereocenters. The summed E-state index contributed by atoms with van der Waals surface area (Å²) in [6, 6.07) is 9.06. The molecular weight excluding hydrogens is 260 g/mol. The average molecular weight is 284 g/mol. The third-order valence-electron chi connectivity index (χ3n) is 4.71. The molecule has 0 bridgehead atoms. The van der Waals surface area contributed by atoms with Crippen LogP contribution in [0, 0.1) is 11.8 Å². The highest BCUT2D eigenvalue weighted by Crippen LogP contribution is 2.32. The van der Waals surface area contributed by atoms with Gasteiger partial charge in [0, 0.05) is 24.3 Å². The normalized spacial score (nSPS) is 25.8. The van der Waals surface area contributed by atoms with Crippen molar-refractivity contribution in [3.8, 4) is 11.4 Å². The van der Waals surface area contributed by atoms with E-state index < -0.39 is 0 Å². The Balaban J connectivity index is 1.82. The van der Waals surface area contributed by atoms with Crippen LogP contribution >= 0.6 is 0 Å². The van der Waals surface area contributed by atoms with Crippen LogP contribution in [0.5, 0.6) is 0 Å². The number of aromatic nitrogens is 3. The van der Waals surface area contributed by atoms with Gasteiger partial charge in [-0.25, -0.2) is 0 Å². The maximum absolute atomic E-state index is 4.19. The molecule has 4 heteroatoms. The largest absolute Gasteiger partial charge is 0.382 e. The zero-order valence-corrected chi connectivity index (χ0v) is 13.1. The molecule has 1 fully saturated rings. The SMILES string of the molecule is CC1CCCC(C)C1Nc1cccc(-c2nncn2C)c1. The second-order valence-corrected chi connectivity index (χ2v) is 6.40. The molecule has 21 heavy (non-hydrogen) atoms. The maximum Gasteiger partial charge on any atom is 0.163 e. The molecule has 0 saturated heterocycles. The van der Waals surface area contributed by atoms with Gasteiger partial charge >= 0.3 is 0 Å². The standard InChI is InChI=1S/C17H24N4/c1-12-6-4-7-13(2)16(12)19-15-9-5-8-14(10-15)17-20-18-11-21(17)3/h5,8-13,16,19H,4,6-7H2,1-3H3. The Morgan fingerprint density at radius 1 is 1.19 bits per heavy atom. The Bertz CT molecular complexity index is 594. The third kappa shape index (κ3) is 2.94. The van der Waals surface area contributed by atoms with E-state index in [9.17, 15) is 0 Å². The van der Waals surface area contributed by atoms with Crippen molar-refractivity contribution < 1.29 is 0 Å². The fourth-order valence-corrected chi connectivity index (χ4v) is 3.45. The number of rotatable bonds is 3. The first-order valence-corrected chi connectivity index (χ1v) is 7.86. The Morgan fingerprint density at radius 2 is 1.95 bits per heavy atom. The highest BCUT2D eigenvalue weighted by atomic mass is 15.2. The first-order chi connectivity index (χ1) is 10.1. The number of anilines is 1. The fourth-order valence-electron chi connectivity index (χ4n) is 3.45. The van der Waals surface area contributed by atoms with Gasteiger partial charge in [0.1, 0.15) is 6.33 Å². The molecular formula is C17H24N4. The van der Waals surface area contributed by atoms with Gasteiger partial charge in [0.2, 0.25) is 0 Å². The Labute approximate surface area is 126 Å². The molecule has 1 aliphatic carbocycles. The molecule has 1 saturated carbocycles. The Hall–Kier alpha value is -1.84. The van der Waals surface area contributed by atoms with E-state index in [1.807, 2.05) is 11.6 Å². The van der Waals surface area contributed by atoms with Gasteiger partial charge in [0.25, 0.3) is 0 Å². The van der Waals surface area contributed by atoms with Crippen molar-refractivity contribution in [1.82, 2.24) is 14.8 Å². The number of nitrogens with zero attached hydrogens (tertiary/aromatic N) is 3. The van der Waals surface area contributed by atoms with Gasteiger partial charge in [-0.2, -0.15) is 0 Å². The van der Waals surface area contributed by atoms with Crippen molar-refractivity contribution in [1.29, 1.82) is 0 Å². The van der Waals surface area contributed by atoms with Gasteiger partial charge in [0.15, 0.2) is 5.82 Å². The van der Waals surface area contributed by atoms with E-state index >= 15 is 0 Å². The average Bonchev–Trinajstić information content (AvgIpc) is 2.90. The summed E-state index contributed by atoms with van der Waals surface area (Å²) in [5.41, 5.74) is 2.29. The van der Waals surface area contributed by atoms with E-state index in [0.29, 0.717) is 6.04 Å². The molecule has 1 aromatic heterocycles. The van der Waals surface area contributed by atoms with E-state index in [1.165, 1.54) is 24.9 Å². The van der Waals surface area contributed by atoms with Crippen molar-refractivity contribution in [2.24, 2.45) is 18.9 Å². The van der Waals surface area contributed by atoms with Gasteiger partial charge in [-0.3, -0.25) is 0 Å². The maximum atomic E-state index is 4.19. The first kappa shape index (κ1) is 14.1. The molecule has 1 heterocycles. The summed E-state index contributed by atoms with van der Waals surface area (Å²) in [4.78, 5) is 0. The van der Waals surface area contributed by atoms with Crippen LogP contribution in [0.3, 0.4) is 0 Å². The molecule has 1 aromatic carbocycles. The summed E-state index contributed by atoms with van der Waals surface area (Å²) >= 11 is 0. The van der Waals surface area contributed by atoms with Crippen LogP contribution in [0.25, 0.3) is 11.4 Å². The van der Waals surface area contributed by atoms with Gasteiger partial charge in [-0.05, 0) is 36.8 Å². The molecule has 0 aliphatic heterocycles. The molecule has 3 rings (SSSR count). The minimum atomic E-state index is 0.563. The topological polar surface area (TPSA) is 42.7 Å². The highest BCUT2D eigenvalue weighted by Gasteiger charge is 2.27. The zero-order chi connectivity index (χ0) is 14.8. The van der Waals surface area contributed by atoms with E-state index in [-0.39, 0.29) is 0 Å². The van der Waals surface area contributed by atoms with E-state index in [2.05, 4.69) is 53.6 Å². The van der Waals surface area contributed by atoms with Crippen LogP contribution in [0.1, 0.15) is 33.1 Å². The second-order valence-electron chi connectivity index (χ2n) is 6.40. The first-order valence-electron chi connectivity index (χ1n) is 7.86. The summed E-state index contributed by atoms with van der Waals surface area (Å²) in [7, 11) is 1.97. The lowest BCUT2D eigenvalue weighted by molar-refractivity contribution is 0.268. The molecule has 1 aliphatic rings. The van der Waals surface area contributed by atoms with E-state index in [1.54, 1.807) is 6.33 Å². The zero-order valence-electron chi connectivity index (χ0n) is 13.1. The van der Waals surface area contributed by atoms with Crippen LogP contribution in [-0.2, 0) is 7.05 Å². The molecule has 112 valence electrons. The van der Waals surface area contributed by atoms with Gasteiger partial charge < -0.3 is 9.88 Å². The lowest BCUT2D eigenvalue weighted by atomic mass is 9.78. The van der Waals surface area contributed by atoms with Gasteiger partial charge in [-0.15, -0.1) is 10.2 Å². The summed E-state index contributed by atoms with van der Waals surface area (Å²) in [5.74, 6) is 2.36. The lowest BCUT2D eigenvalue weighted by Crippen LogP contribution is -2.37. The van der Waals surface area contributed by atoms with Crippen molar-refractivity contribution in [2.45, 2.75) is 39.2 Å². The van der Waals surface area contributed by atoms with Crippen molar-refractivity contribution in [3.63, 3.8) is 0 Å². The molecule has 0 spiro atoms. The smallest absolute Gasteiger partial charge is 0.163 e. The molecule has 0 radical (unpaired) electrons. The summed E-state index contributed by atoms with van der Waals surface area (Å²) in [5, 5.41) is 11.9. The summed E-state index contributed by atoms with van der Waals surface area (Å²) in [6.45, 7) is 4.72. The van der Waals surface area contributed by atoms with Crippen LogP contribution in [-0.4, -0.2) is 20.8 Å². The van der Waals surface area contributed by atoms with Crippen LogP contribution in [0.15, 0.2) is 30.6 Å². The predicted molar refractivity (Wildman–Crippen MR) is 86.0 cm³/mol. The third-order valence-corrected chi connectivity index (χ3v) is 4.71. The molecule has 4 nitrogen and oxygen atoms in total. The Morgan fingerprint density at radius 3 is 2.62 bits per heavy atom. The van der Waals surface area contributed by atoms with Gasteiger partial charge in [-0.1, -0.05) is 32.4 Å². The molecule has 0 amide bonds. The van der Waals surface area contributed by atoms with E-state index in [4.69, 9.17) is 0 Å². The number of nitrogens with one attached hydrogen (secondary N) is 1. The summed E-state index contributed by atoms with van der Waals surface area (Å²) < 4.78 is 1.95. The molecule has 2 atom stereocenters. The molecule has 1 N–H and O–H groups in total. The van der Waals surface area contributed by atoms with Crippen LogP contribution < -0.4 is 5.32 Å². The number of hydrogen-bond donors (Lipinski definition) is 1. The highest BCUT2D eigenvalue weighted by molar-refractivity contribution is 5.62. The van der Waals surface area contributed by atoms with Crippen LogP contribution in [0.2, 0.25) is 0 Å². The van der Waals surface area contributed by atoms with Crippen LogP contribution in [0.4, 0.5) is 5.69 Å². The number of aryl methyl sites for hydroxylation is 1. The van der Waals surface area contributed by atoms with Gasteiger partial charge in [0.05, 0.1) is 0 Å². The van der Waals surface area contributed by atoms with Crippen molar-refractivity contribution >= 4 is 5.69 Å². The summed E-state index contributed by atoms with van der Waals surface area (Å²) in [6.07, 6.45) is 5.75. The number of hydrogen-bond acceptors (Lipinski definition) is 3. The predicted octanol–water partition coefficient (Wildman–Crippen LogP) is 3.72. The number of benzene rings is 1. The van der Waals surface area contributed by atoms with E-state index in [0.717, 1.165) is 23.2 Å².